The van der Waals surface area contributed by atoms with E-state index in [1.165, 1.54) is 23.1 Å². The molecule has 7 heteroatoms. The lowest BCUT2D eigenvalue weighted by atomic mass is 10.3. The van der Waals surface area contributed by atoms with Crippen LogP contribution in [0.2, 0.25) is 0 Å². The maximum Gasteiger partial charge on any atom is 0.225 e. The summed E-state index contributed by atoms with van der Waals surface area (Å²) in [5.74, 6) is 0.118. The predicted molar refractivity (Wildman–Crippen MR) is 72.1 cm³/mol. The highest BCUT2D eigenvalue weighted by Crippen LogP contribution is 2.36. The van der Waals surface area contributed by atoms with Gasteiger partial charge in [-0.2, -0.15) is 0 Å². The normalized spacial score (nSPS) is 16.4. The van der Waals surface area contributed by atoms with Crippen molar-refractivity contribution in [3.8, 4) is 0 Å². The topological polar surface area (TPSA) is 63.2 Å². The Morgan fingerprint density at radius 1 is 1.39 bits per heavy atom. The number of hydrogen-bond donors (Lipinski definition) is 0. The quantitative estimate of drug-likeness (QED) is 0.612. The molecule has 0 aliphatic heterocycles. The highest BCUT2D eigenvalue weighted by molar-refractivity contribution is 8.02. The highest BCUT2D eigenvalue weighted by Gasteiger charge is 2.34. The lowest BCUT2D eigenvalue weighted by Gasteiger charge is -2.15. The second-order valence-electron chi connectivity index (χ2n) is 4.34. The van der Waals surface area contributed by atoms with Crippen LogP contribution in [0.1, 0.15) is 33.6 Å². The van der Waals surface area contributed by atoms with Gasteiger partial charge in [0.1, 0.15) is 5.78 Å². The van der Waals surface area contributed by atoms with Crippen LogP contribution in [0.5, 0.6) is 0 Å². The molecule has 0 saturated heterocycles. The van der Waals surface area contributed by atoms with E-state index in [4.69, 9.17) is 0 Å². The summed E-state index contributed by atoms with van der Waals surface area (Å²) in [6.45, 7) is 4.95. The van der Waals surface area contributed by atoms with Crippen LogP contribution in [-0.2, 0) is 9.59 Å². The van der Waals surface area contributed by atoms with Gasteiger partial charge in [0.05, 0.1) is 5.25 Å². The molecule has 1 saturated carbocycles. The summed E-state index contributed by atoms with van der Waals surface area (Å²) >= 11 is 2.77. The fourth-order valence-corrected chi connectivity index (χ4v) is 3.56. The van der Waals surface area contributed by atoms with Crippen molar-refractivity contribution in [3.63, 3.8) is 0 Å². The molecule has 2 rings (SSSR count). The Hall–Kier alpha value is -0.950. The minimum absolute atomic E-state index is 0.00446. The monoisotopic (exact) mass is 285 g/mol. The molecule has 1 aliphatic rings. The molecule has 5 nitrogen and oxygen atoms in total. The van der Waals surface area contributed by atoms with E-state index in [9.17, 15) is 9.59 Å². The molecule has 0 spiro atoms. The van der Waals surface area contributed by atoms with Gasteiger partial charge < -0.3 is 0 Å². The number of nitrogens with zero attached hydrogens (tertiary/aromatic N) is 3. The number of rotatable bonds is 5. The molecule has 1 aliphatic carbocycles. The van der Waals surface area contributed by atoms with Gasteiger partial charge in [-0.05, 0) is 26.7 Å². The summed E-state index contributed by atoms with van der Waals surface area (Å²) in [6, 6.07) is 0.290. The number of anilines is 1. The van der Waals surface area contributed by atoms with E-state index in [1.54, 1.807) is 18.7 Å². The van der Waals surface area contributed by atoms with Crippen LogP contribution >= 0.6 is 23.1 Å². The third-order valence-electron chi connectivity index (χ3n) is 2.70. The van der Waals surface area contributed by atoms with Crippen LogP contribution in [-0.4, -0.2) is 33.2 Å². The molecule has 98 valence electrons. The second-order valence-corrected chi connectivity index (χ2v) is 6.89. The van der Waals surface area contributed by atoms with Gasteiger partial charge >= 0.3 is 0 Å². The van der Waals surface area contributed by atoms with Gasteiger partial charge in [-0.25, -0.2) is 0 Å². The van der Waals surface area contributed by atoms with Crippen molar-refractivity contribution in [1.82, 2.24) is 10.2 Å². The fraction of sp³-hybridized carbons (Fsp3) is 0.636. The standard InChI is InChI=1S/C11H15N3O2S2/c1-6(15)7(2)17-11-13-12-10(18-11)14(8(3)16)9-4-5-9/h7,9H,4-5H2,1-3H3. The number of carbonyl (C=O) groups is 2. The molecule has 1 amide bonds. The number of thioether (sulfide) groups is 1. The Morgan fingerprint density at radius 2 is 2.06 bits per heavy atom. The first kappa shape index (κ1) is 13.5. The van der Waals surface area contributed by atoms with Gasteiger partial charge in [0.15, 0.2) is 4.34 Å². The van der Waals surface area contributed by atoms with E-state index in [-0.39, 0.29) is 16.9 Å². The molecule has 1 fully saturated rings. The van der Waals surface area contributed by atoms with E-state index in [0.717, 1.165) is 17.2 Å². The van der Waals surface area contributed by atoms with Crippen LogP contribution in [0.4, 0.5) is 5.13 Å². The predicted octanol–water partition coefficient (Wildman–Crippen LogP) is 2.12. The van der Waals surface area contributed by atoms with E-state index >= 15 is 0 Å². The molecule has 1 atom stereocenters. The maximum absolute atomic E-state index is 11.6. The third kappa shape index (κ3) is 3.08. The molecular weight excluding hydrogens is 270 g/mol. The van der Waals surface area contributed by atoms with Gasteiger partial charge in [-0.3, -0.25) is 14.5 Å². The summed E-state index contributed by atoms with van der Waals surface area (Å²) in [7, 11) is 0. The molecule has 1 heterocycles. The largest absolute Gasteiger partial charge is 0.299 e. The molecule has 0 bridgehead atoms. The third-order valence-corrected chi connectivity index (χ3v) is 4.93. The average Bonchev–Trinajstić information content (AvgIpc) is 2.99. The summed E-state index contributed by atoms with van der Waals surface area (Å²) in [5.41, 5.74) is 0. The van der Waals surface area contributed by atoms with Gasteiger partial charge in [0, 0.05) is 13.0 Å². The smallest absolute Gasteiger partial charge is 0.225 e. The van der Waals surface area contributed by atoms with Gasteiger partial charge in [-0.15, -0.1) is 10.2 Å². The number of aromatic nitrogens is 2. The number of Topliss-reactive ketones (excluding diaryl/α,β-unsaturated/α-hetero) is 1. The first-order valence-corrected chi connectivity index (χ1v) is 7.49. The molecule has 0 N–H and O–H groups in total. The molecule has 1 aromatic heterocycles. The first-order valence-electron chi connectivity index (χ1n) is 5.79. The average molecular weight is 285 g/mol. The van der Waals surface area contributed by atoms with Crippen molar-refractivity contribution < 1.29 is 9.59 Å². The lowest BCUT2D eigenvalue weighted by molar-refractivity contribution is -0.117. The van der Waals surface area contributed by atoms with Crippen molar-refractivity contribution in [2.24, 2.45) is 0 Å². The zero-order valence-corrected chi connectivity index (χ0v) is 12.2. The van der Waals surface area contributed by atoms with Gasteiger partial charge in [-0.1, -0.05) is 23.1 Å². The van der Waals surface area contributed by atoms with Gasteiger partial charge in [0.25, 0.3) is 0 Å². The summed E-state index contributed by atoms with van der Waals surface area (Å²) in [4.78, 5) is 24.5. The number of ketones is 1. The van der Waals surface area contributed by atoms with Crippen molar-refractivity contribution in [3.05, 3.63) is 0 Å². The van der Waals surface area contributed by atoms with Crippen LogP contribution in [0.25, 0.3) is 0 Å². The molecule has 0 aromatic carbocycles. The summed E-state index contributed by atoms with van der Waals surface area (Å²) in [6.07, 6.45) is 2.07. The second kappa shape index (κ2) is 5.36. The Balaban J connectivity index is 2.09. The molecule has 0 radical (unpaired) electrons. The van der Waals surface area contributed by atoms with Crippen LogP contribution in [0, 0.1) is 0 Å². The number of carbonyl (C=O) groups excluding carboxylic acids is 2. The molecule has 1 aromatic rings. The molecule has 18 heavy (non-hydrogen) atoms. The first-order chi connectivity index (χ1) is 8.49. The minimum Gasteiger partial charge on any atom is -0.299 e. The summed E-state index contributed by atoms with van der Waals surface area (Å²) < 4.78 is 0.736. The Labute approximate surface area is 114 Å². The highest BCUT2D eigenvalue weighted by atomic mass is 32.2. The minimum atomic E-state index is -0.127. The number of amides is 1. The Bertz CT molecular complexity index is 471. The lowest BCUT2D eigenvalue weighted by Crippen LogP contribution is -2.30. The molecular formula is C11H15N3O2S2. The van der Waals surface area contributed by atoms with E-state index < -0.39 is 0 Å². The van der Waals surface area contributed by atoms with Crippen LogP contribution < -0.4 is 4.90 Å². The van der Waals surface area contributed by atoms with Crippen molar-refractivity contribution in [2.75, 3.05) is 4.90 Å². The van der Waals surface area contributed by atoms with Crippen molar-refractivity contribution >= 4 is 39.9 Å². The fourth-order valence-electron chi connectivity index (χ4n) is 1.46. The van der Waals surface area contributed by atoms with Crippen molar-refractivity contribution in [1.29, 1.82) is 0 Å². The molecule has 1 unspecified atom stereocenters. The van der Waals surface area contributed by atoms with E-state index in [2.05, 4.69) is 10.2 Å². The zero-order chi connectivity index (χ0) is 13.3. The zero-order valence-electron chi connectivity index (χ0n) is 10.5. The number of hydrogen-bond acceptors (Lipinski definition) is 6. The van der Waals surface area contributed by atoms with Crippen LogP contribution in [0.15, 0.2) is 4.34 Å². The van der Waals surface area contributed by atoms with Crippen molar-refractivity contribution in [2.45, 2.75) is 49.2 Å². The van der Waals surface area contributed by atoms with E-state index in [1.807, 2.05) is 6.92 Å². The SMILES string of the molecule is CC(=O)C(C)Sc1nnc(N(C(C)=O)C2CC2)s1. The van der Waals surface area contributed by atoms with E-state index in [0.29, 0.717) is 11.2 Å². The maximum atomic E-state index is 11.6. The Kier molecular flexibility index (Phi) is 4.01. The van der Waals surface area contributed by atoms with Crippen LogP contribution in [0.3, 0.4) is 0 Å². The Morgan fingerprint density at radius 3 is 2.56 bits per heavy atom. The van der Waals surface area contributed by atoms with Gasteiger partial charge in [0.2, 0.25) is 11.0 Å². The summed E-state index contributed by atoms with van der Waals surface area (Å²) in [5, 5.41) is 8.60.